The molecule has 3 saturated heterocycles. The van der Waals surface area contributed by atoms with E-state index in [4.69, 9.17) is 0 Å². The minimum absolute atomic E-state index is 0.111. The van der Waals surface area contributed by atoms with Crippen molar-refractivity contribution >= 4 is 0 Å². The highest BCUT2D eigenvalue weighted by Gasteiger charge is 2.37. The van der Waals surface area contributed by atoms with Gasteiger partial charge in [-0.1, -0.05) is 0 Å². The van der Waals surface area contributed by atoms with Crippen molar-refractivity contribution in [2.45, 2.75) is 0 Å². The van der Waals surface area contributed by atoms with Crippen LogP contribution in [0, 0.1) is 0 Å². The number of piperazine rings is 3. The summed E-state index contributed by atoms with van der Waals surface area (Å²) in [5.41, 5.74) is 0. The summed E-state index contributed by atoms with van der Waals surface area (Å²) < 4.78 is 1.12. The Balaban J connectivity index is 2.00. The molecule has 3 fully saturated rings. The van der Waals surface area contributed by atoms with Gasteiger partial charge in [0.1, 0.15) is 13.2 Å². The van der Waals surface area contributed by atoms with Crippen LogP contribution in [-0.2, 0) is 5.11 Å². The van der Waals surface area contributed by atoms with Crippen molar-refractivity contribution in [1.29, 1.82) is 0 Å². The second kappa shape index (κ2) is 2.73. The Kier molecular flexibility index (Phi) is 1.87. The minimum Gasteiger partial charge on any atom is -0.318 e. The molecule has 0 N–H and O–H groups in total. The summed E-state index contributed by atoms with van der Waals surface area (Å²) in [5.74, 6) is 0. The van der Waals surface area contributed by atoms with Crippen LogP contribution in [0.25, 0.3) is 0 Å². The van der Waals surface area contributed by atoms with E-state index in [0.717, 1.165) is 11.0 Å². The summed E-state index contributed by atoms with van der Waals surface area (Å²) in [7, 11) is 0. The lowest BCUT2D eigenvalue weighted by Crippen LogP contribution is -2.67. The number of quaternary nitrogens is 1. The molecular weight excluding hydrogens is 140 g/mol. The van der Waals surface area contributed by atoms with E-state index < -0.39 is 0 Å². The molecule has 1 radical (unpaired) electrons. The fourth-order valence-electron chi connectivity index (χ4n) is 2.26. The van der Waals surface area contributed by atoms with Crippen molar-refractivity contribution < 1.29 is 9.59 Å². The Morgan fingerprint density at radius 3 is 2.09 bits per heavy atom. The van der Waals surface area contributed by atoms with Crippen LogP contribution in [0.15, 0.2) is 0 Å². The third-order valence-corrected chi connectivity index (χ3v) is 3.24. The first-order chi connectivity index (χ1) is 5.35. The molecule has 0 aromatic rings. The molecule has 3 aliphatic heterocycles. The lowest BCUT2D eigenvalue weighted by atomic mass is 10.1. The molecule has 0 aromatic carbocycles. The maximum atomic E-state index is 10.6. The maximum absolute atomic E-state index is 10.6. The van der Waals surface area contributed by atoms with Crippen molar-refractivity contribution in [1.82, 2.24) is 4.90 Å². The van der Waals surface area contributed by atoms with Crippen LogP contribution >= 0.6 is 0 Å². The van der Waals surface area contributed by atoms with Crippen LogP contribution in [0.2, 0.25) is 0 Å². The lowest BCUT2D eigenvalue weighted by Gasteiger charge is -2.50. The Morgan fingerprint density at radius 2 is 1.64 bits per heavy atom. The topological polar surface area (TPSA) is 23.1 Å². The van der Waals surface area contributed by atoms with Crippen LogP contribution < -0.4 is 0 Å². The molecule has 0 unspecified atom stereocenters. The van der Waals surface area contributed by atoms with Gasteiger partial charge in [-0.2, -0.15) is 0 Å². The second-order valence-corrected chi connectivity index (χ2v) is 3.78. The van der Waals surface area contributed by atoms with Gasteiger partial charge in [0.25, 0.3) is 0 Å². The number of nitrogens with zero attached hydrogens (tertiary/aromatic N) is 2. The van der Waals surface area contributed by atoms with Gasteiger partial charge in [0, 0.05) is 19.6 Å². The summed E-state index contributed by atoms with van der Waals surface area (Å²) in [6.45, 7) is 8.32. The fraction of sp³-hybridized carbons (Fsp3) is 1.00. The van der Waals surface area contributed by atoms with E-state index in [1.165, 1.54) is 39.3 Å². The summed E-state index contributed by atoms with van der Waals surface area (Å²) in [5, 5.41) is 10.6. The van der Waals surface area contributed by atoms with E-state index in [-0.39, 0.29) is 6.61 Å². The standard InChI is InChI=1S/C8H16N2O/c11-8-7-10-4-1-9(2-5-10)3-6-10/h1-8H2/q+1. The summed E-state index contributed by atoms with van der Waals surface area (Å²) in [6.07, 6.45) is 0. The molecule has 3 rings (SSSR count). The predicted octanol–water partition coefficient (Wildman–Crippen LogP) is -0.437. The van der Waals surface area contributed by atoms with Gasteiger partial charge < -0.3 is 4.48 Å². The molecule has 2 bridgehead atoms. The zero-order valence-electron chi connectivity index (χ0n) is 6.96. The molecule has 3 nitrogen and oxygen atoms in total. The Hall–Kier alpha value is -0.120. The lowest BCUT2D eigenvalue weighted by molar-refractivity contribution is -0.941. The third-order valence-electron chi connectivity index (χ3n) is 3.24. The van der Waals surface area contributed by atoms with Crippen molar-refractivity contribution in [2.75, 3.05) is 52.4 Å². The Morgan fingerprint density at radius 1 is 1.09 bits per heavy atom. The Labute approximate surface area is 67.8 Å². The molecule has 0 amide bonds. The monoisotopic (exact) mass is 156 g/mol. The molecule has 3 heterocycles. The molecule has 0 aliphatic carbocycles. The highest BCUT2D eigenvalue weighted by molar-refractivity contribution is 4.70. The van der Waals surface area contributed by atoms with Gasteiger partial charge in [0.15, 0.2) is 0 Å². The fourth-order valence-corrected chi connectivity index (χ4v) is 2.26. The first kappa shape index (κ1) is 7.53. The molecular formula is C8H16N2O+. The van der Waals surface area contributed by atoms with Crippen molar-refractivity contribution in [3.8, 4) is 0 Å². The van der Waals surface area contributed by atoms with E-state index in [1.807, 2.05) is 0 Å². The number of hydrogen-bond acceptors (Lipinski definition) is 1. The van der Waals surface area contributed by atoms with Gasteiger partial charge in [-0.05, 0) is 0 Å². The van der Waals surface area contributed by atoms with Crippen LogP contribution in [0.5, 0.6) is 0 Å². The van der Waals surface area contributed by atoms with Gasteiger partial charge in [0.2, 0.25) is 0 Å². The first-order valence-electron chi connectivity index (χ1n) is 4.50. The molecule has 0 atom stereocenters. The molecule has 0 spiro atoms. The first-order valence-corrected chi connectivity index (χ1v) is 4.50. The summed E-state index contributed by atoms with van der Waals surface area (Å²) in [4.78, 5) is 2.50. The van der Waals surface area contributed by atoms with E-state index in [9.17, 15) is 5.11 Å². The van der Waals surface area contributed by atoms with E-state index in [2.05, 4.69) is 4.90 Å². The van der Waals surface area contributed by atoms with Gasteiger partial charge in [-0.25, -0.2) is 5.11 Å². The van der Waals surface area contributed by atoms with Crippen LogP contribution in [0.1, 0.15) is 0 Å². The highest BCUT2D eigenvalue weighted by atomic mass is 16.3. The quantitative estimate of drug-likeness (QED) is 0.497. The van der Waals surface area contributed by atoms with Gasteiger partial charge in [0.05, 0.1) is 19.6 Å². The average molecular weight is 156 g/mol. The van der Waals surface area contributed by atoms with Crippen molar-refractivity contribution in [2.24, 2.45) is 0 Å². The number of fused-ring (bicyclic) bond motifs is 3. The van der Waals surface area contributed by atoms with Gasteiger partial charge in [-0.3, -0.25) is 4.90 Å². The number of hydrogen-bond donors (Lipinski definition) is 0. The van der Waals surface area contributed by atoms with Crippen LogP contribution in [0.4, 0.5) is 0 Å². The molecule has 3 heteroatoms. The van der Waals surface area contributed by atoms with E-state index in [1.54, 1.807) is 0 Å². The molecule has 11 heavy (non-hydrogen) atoms. The van der Waals surface area contributed by atoms with Gasteiger partial charge >= 0.3 is 0 Å². The van der Waals surface area contributed by atoms with Crippen molar-refractivity contribution in [3.63, 3.8) is 0 Å². The van der Waals surface area contributed by atoms with E-state index >= 15 is 0 Å². The van der Waals surface area contributed by atoms with Crippen molar-refractivity contribution in [3.05, 3.63) is 0 Å². The zero-order valence-corrected chi connectivity index (χ0v) is 6.96. The minimum atomic E-state index is 0.111. The molecule has 63 valence electrons. The maximum Gasteiger partial charge on any atom is 0.131 e. The highest BCUT2D eigenvalue weighted by Crippen LogP contribution is 2.18. The summed E-state index contributed by atoms with van der Waals surface area (Å²) >= 11 is 0. The van der Waals surface area contributed by atoms with Crippen LogP contribution in [0.3, 0.4) is 0 Å². The third kappa shape index (κ3) is 1.28. The number of rotatable bonds is 2. The second-order valence-electron chi connectivity index (χ2n) is 3.78. The van der Waals surface area contributed by atoms with Crippen LogP contribution in [-0.4, -0.2) is 61.8 Å². The molecule has 3 aliphatic rings. The average Bonchev–Trinajstić information content (AvgIpc) is 2.07. The van der Waals surface area contributed by atoms with Gasteiger partial charge in [-0.15, -0.1) is 0 Å². The molecule has 0 aromatic heterocycles. The molecule has 0 saturated carbocycles. The zero-order chi connectivity index (χ0) is 7.73. The normalized spacial score (nSPS) is 42.8. The largest absolute Gasteiger partial charge is 0.318 e. The van der Waals surface area contributed by atoms with E-state index in [0.29, 0.717) is 0 Å². The summed E-state index contributed by atoms with van der Waals surface area (Å²) in [6, 6.07) is 0. The Bertz CT molecular complexity index is 121. The SMILES string of the molecule is [O]CC[N+]12CCN(CC1)CC2. The smallest absolute Gasteiger partial charge is 0.131 e. The predicted molar refractivity (Wildman–Crippen MR) is 41.7 cm³/mol.